The van der Waals surface area contributed by atoms with E-state index in [-0.39, 0.29) is 18.7 Å². The van der Waals surface area contributed by atoms with E-state index in [0.29, 0.717) is 23.5 Å². The number of nitrogens with two attached hydrogens (primary N) is 1. The molecule has 0 saturated heterocycles. The van der Waals surface area contributed by atoms with Gasteiger partial charge in [-0.1, -0.05) is 0 Å². The van der Waals surface area contributed by atoms with Gasteiger partial charge in [-0.3, -0.25) is 0 Å². The molecule has 1 aromatic rings. The highest BCUT2D eigenvalue weighted by Crippen LogP contribution is 2.34. The number of fused-ring (bicyclic) bond motifs is 1. The summed E-state index contributed by atoms with van der Waals surface area (Å²) >= 11 is 0. The molecular weight excluding hydrogens is 185 g/mol. The Morgan fingerprint density at radius 2 is 2.07 bits per heavy atom. The average Bonchev–Trinajstić information content (AvgIpc) is 2.51. The van der Waals surface area contributed by atoms with E-state index in [9.17, 15) is 4.39 Å². The zero-order valence-electron chi connectivity index (χ0n) is 7.92. The van der Waals surface area contributed by atoms with Gasteiger partial charge in [0, 0.05) is 12.1 Å². The molecule has 0 radical (unpaired) electrons. The highest BCUT2D eigenvalue weighted by molar-refractivity contribution is 5.45. The molecule has 2 rings (SSSR count). The Kier molecular flexibility index (Phi) is 2.29. The molecule has 0 aromatic heterocycles. The molecule has 76 valence electrons. The van der Waals surface area contributed by atoms with E-state index >= 15 is 0 Å². The molecule has 0 bridgehead atoms. The molecule has 0 spiro atoms. The van der Waals surface area contributed by atoms with Crippen molar-refractivity contribution in [2.24, 2.45) is 5.73 Å². The van der Waals surface area contributed by atoms with Gasteiger partial charge in [-0.15, -0.1) is 0 Å². The lowest BCUT2D eigenvalue weighted by Gasteiger charge is -2.07. The van der Waals surface area contributed by atoms with Crippen LogP contribution in [0.15, 0.2) is 12.1 Å². The molecule has 0 fully saturated rings. The van der Waals surface area contributed by atoms with Gasteiger partial charge in [-0.2, -0.15) is 0 Å². The first-order valence-corrected chi connectivity index (χ1v) is 4.50. The maximum Gasteiger partial charge on any atom is 0.231 e. The van der Waals surface area contributed by atoms with Crippen molar-refractivity contribution in [3.8, 4) is 11.5 Å². The second kappa shape index (κ2) is 3.46. The first-order chi connectivity index (χ1) is 6.66. The van der Waals surface area contributed by atoms with E-state index < -0.39 is 0 Å². The lowest BCUT2D eigenvalue weighted by molar-refractivity contribution is 0.174. The largest absolute Gasteiger partial charge is 0.454 e. The summed E-state index contributed by atoms with van der Waals surface area (Å²) in [7, 11) is 0. The van der Waals surface area contributed by atoms with Gasteiger partial charge in [-0.25, -0.2) is 4.39 Å². The molecule has 1 aliphatic heterocycles. The van der Waals surface area contributed by atoms with Crippen LogP contribution in [0.4, 0.5) is 4.39 Å². The van der Waals surface area contributed by atoms with Gasteiger partial charge in [0.15, 0.2) is 11.5 Å². The molecule has 3 nitrogen and oxygen atoms in total. The third kappa shape index (κ3) is 1.65. The minimum atomic E-state index is -0.286. The predicted octanol–water partition coefficient (Wildman–Crippen LogP) is 1.44. The van der Waals surface area contributed by atoms with E-state index in [4.69, 9.17) is 15.2 Å². The van der Waals surface area contributed by atoms with E-state index in [2.05, 4.69) is 0 Å². The Hall–Kier alpha value is -1.29. The van der Waals surface area contributed by atoms with Crippen LogP contribution in [0.25, 0.3) is 0 Å². The van der Waals surface area contributed by atoms with Gasteiger partial charge in [0.05, 0.1) is 0 Å². The van der Waals surface area contributed by atoms with Gasteiger partial charge in [0.25, 0.3) is 0 Å². The molecule has 2 N–H and O–H groups in total. The van der Waals surface area contributed by atoms with Crippen LogP contribution >= 0.6 is 0 Å². The standard InChI is InChI=1S/C10H12FNO2/c1-6(12)2-7-3-9-10(4-8(7)11)14-5-13-9/h3-4,6H,2,5,12H2,1H3/t6-/m1/s1. The fourth-order valence-electron chi connectivity index (χ4n) is 1.46. The first kappa shape index (κ1) is 9.27. The van der Waals surface area contributed by atoms with Crippen LogP contribution < -0.4 is 15.2 Å². The number of hydrogen-bond acceptors (Lipinski definition) is 3. The molecule has 4 heteroatoms. The average molecular weight is 197 g/mol. The van der Waals surface area contributed by atoms with Crippen molar-refractivity contribution in [1.82, 2.24) is 0 Å². The van der Waals surface area contributed by atoms with Crippen molar-refractivity contribution < 1.29 is 13.9 Å². The van der Waals surface area contributed by atoms with Crippen molar-refractivity contribution >= 4 is 0 Å². The van der Waals surface area contributed by atoms with Crippen LogP contribution in [-0.4, -0.2) is 12.8 Å². The second-order valence-corrected chi connectivity index (χ2v) is 3.48. The van der Waals surface area contributed by atoms with Gasteiger partial charge in [0.2, 0.25) is 6.79 Å². The Labute approximate surface area is 81.6 Å². The summed E-state index contributed by atoms with van der Waals surface area (Å²) in [6.45, 7) is 2.00. The highest BCUT2D eigenvalue weighted by atomic mass is 19.1. The van der Waals surface area contributed by atoms with Crippen LogP contribution in [0.2, 0.25) is 0 Å². The zero-order valence-corrected chi connectivity index (χ0v) is 7.92. The van der Waals surface area contributed by atoms with Crippen LogP contribution in [0.5, 0.6) is 11.5 Å². The van der Waals surface area contributed by atoms with E-state index in [0.717, 1.165) is 0 Å². The predicted molar refractivity (Wildman–Crippen MR) is 49.9 cm³/mol. The Morgan fingerprint density at radius 3 is 2.71 bits per heavy atom. The quantitative estimate of drug-likeness (QED) is 0.780. The topological polar surface area (TPSA) is 44.5 Å². The van der Waals surface area contributed by atoms with Crippen molar-refractivity contribution in [1.29, 1.82) is 0 Å². The minimum Gasteiger partial charge on any atom is -0.454 e. The Morgan fingerprint density at radius 1 is 1.43 bits per heavy atom. The molecule has 14 heavy (non-hydrogen) atoms. The number of hydrogen-bond donors (Lipinski definition) is 1. The van der Waals surface area contributed by atoms with Crippen molar-refractivity contribution in [2.75, 3.05) is 6.79 Å². The number of ether oxygens (including phenoxy) is 2. The summed E-state index contributed by atoms with van der Waals surface area (Å²) in [6, 6.07) is 2.94. The van der Waals surface area contributed by atoms with Crippen LogP contribution in [0.1, 0.15) is 12.5 Å². The van der Waals surface area contributed by atoms with Crippen molar-refractivity contribution in [3.63, 3.8) is 0 Å². The van der Waals surface area contributed by atoms with Gasteiger partial charge in [-0.05, 0) is 25.0 Å². The third-order valence-electron chi connectivity index (χ3n) is 2.08. The second-order valence-electron chi connectivity index (χ2n) is 3.48. The smallest absolute Gasteiger partial charge is 0.231 e. The minimum absolute atomic E-state index is 0.0649. The Bertz CT molecular complexity index is 352. The first-order valence-electron chi connectivity index (χ1n) is 4.50. The molecule has 0 amide bonds. The maximum absolute atomic E-state index is 13.4. The van der Waals surface area contributed by atoms with Crippen LogP contribution in [0, 0.1) is 5.82 Å². The van der Waals surface area contributed by atoms with Crippen molar-refractivity contribution in [3.05, 3.63) is 23.5 Å². The van der Waals surface area contributed by atoms with Gasteiger partial charge < -0.3 is 15.2 Å². The molecule has 1 heterocycles. The summed E-state index contributed by atoms with van der Waals surface area (Å²) in [6.07, 6.45) is 0.502. The van der Waals surface area contributed by atoms with Crippen LogP contribution in [-0.2, 0) is 6.42 Å². The lowest BCUT2D eigenvalue weighted by Crippen LogP contribution is -2.18. The fourth-order valence-corrected chi connectivity index (χ4v) is 1.46. The molecule has 1 atom stereocenters. The van der Waals surface area contributed by atoms with E-state index in [1.807, 2.05) is 6.92 Å². The highest BCUT2D eigenvalue weighted by Gasteiger charge is 2.17. The molecule has 1 aliphatic rings. The molecule has 0 saturated carbocycles. The summed E-state index contributed by atoms with van der Waals surface area (Å²) < 4.78 is 23.6. The number of benzene rings is 1. The third-order valence-corrected chi connectivity index (χ3v) is 2.08. The van der Waals surface area contributed by atoms with Crippen molar-refractivity contribution in [2.45, 2.75) is 19.4 Å². The summed E-state index contributed by atoms with van der Waals surface area (Å²) in [5.41, 5.74) is 6.17. The summed E-state index contributed by atoms with van der Waals surface area (Å²) in [5.74, 6) is 0.782. The number of halogens is 1. The lowest BCUT2D eigenvalue weighted by atomic mass is 10.1. The molecule has 1 aromatic carbocycles. The summed E-state index contributed by atoms with van der Waals surface area (Å²) in [4.78, 5) is 0. The van der Waals surface area contributed by atoms with E-state index in [1.165, 1.54) is 6.07 Å². The van der Waals surface area contributed by atoms with E-state index in [1.54, 1.807) is 6.07 Å². The number of rotatable bonds is 2. The zero-order chi connectivity index (χ0) is 10.1. The molecule has 0 unspecified atom stereocenters. The van der Waals surface area contributed by atoms with Crippen LogP contribution in [0.3, 0.4) is 0 Å². The van der Waals surface area contributed by atoms with Gasteiger partial charge >= 0.3 is 0 Å². The Balaban J connectivity index is 2.32. The van der Waals surface area contributed by atoms with Gasteiger partial charge in [0.1, 0.15) is 5.82 Å². The maximum atomic E-state index is 13.4. The summed E-state index contributed by atoms with van der Waals surface area (Å²) in [5, 5.41) is 0. The molecule has 0 aliphatic carbocycles. The fraction of sp³-hybridized carbons (Fsp3) is 0.400. The molecular formula is C10H12FNO2. The normalized spacial score (nSPS) is 15.6. The monoisotopic (exact) mass is 197 g/mol. The SMILES string of the molecule is C[C@@H](N)Cc1cc2c(cc1F)OCO2.